The number of urea groups is 1. The zero-order valence-corrected chi connectivity index (χ0v) is 16.2. The molecule has 4 rings (SSSR count). The van der Waals surface area contributed by atoms with Crippen LogP contribution in [0.25, 0.3) is 17.0 Å². The number of nitrogens with one attached hydrogen (secondary N) is 2. The van der Waals surface area contributed by atoms with Gasteiger partial charge in [0.25, 0.3) is 11.8 Å². The Balaban J connectivity index is 1.58. The number of amides is 4. The molecule has 30 heavy (non-hydrogen) atoms. The fourth-order valence-corrected chi connectivity index (χ4v) is 3.29. The molecule has 0 spiro atoms. The minimum Gasteiger partial charge on any atom is -0.497 e. The largest absolute Gasteiger partial charge is 0.497 e. The van der Waals surface area contributed by atoms with Crippen LogP contribution in [-0.4, -0.2) is 36.1 Å². The Morgan fingerprint density at radius 1 is 0.967 bits per heavy atom. The number of imide groups is 2. The molecule has 8 nitrogen and oxygen atoms in total. The first-order valence-corrected chi connectivity index (χ1v) is 9.28. The number of hydrogen-bond donors (Lipinski definition) is 2. The summed E-state index contributed by atoms with van der Waals surface area (Å²) in [6.45, 7) is 0.967. The van der Waals surface area contributed by atoms with Crippen molar-refractivity contribution in [3.8, 4) is 11.5 Å². The first kappa shape index (κ1) is 19.3. The van der Waals surface area contributed by atoms with Crippen LogP contribution in [0, 0.1) is 0 Å². The van der Waals surface area contributed by atoms with E-state index in [2.05, 4.69) is 10.6 Å². The van der Waals surface area contributed by atoms with Crippen LogP contribution in [0.2, 0.25) is 0 Å². The first-order valence-electron chi connectivity index (χ1n) is 9.28. The number of hydrogen-bond acceptors (Lipinski definition) is 5. The molecule has 0 saturated carbocycles. The smallest absolute Gasteiger partial charge is 0.328 e. The lowest BCUT2D eigenvalue weighted by Gasteiger charge is -2.13. The number of nitrogens with zero attached hydrogens (tertiary/aromatic N) is 1. The van der Waals surface area contributed by atoms with E-state index in [0.717, 1.165) is 16.7 Å². The summed E-state index contributed by atoms with van der Waals surface area (Å²) in [6.07, 6.45) is 3.34. The third-order valence-corrected chi connectivity index (χ3v) is 4.70. The van der Waals surface area contributed by atoms with Gasteiger partial charge in [0.1, 0.15) is 23.7 Å². The number of fused-ring (bicyclic) bond motifs is 1. The molecular formula is C22H19N3O5. The van der Waals surface area contributed by atoms with E-state index >= 15 is 0 Å². The zero-order chi connectivity index (χ0) is 21.1. The van der Waals surface area contributed by atoms with E-state index in [1.165, 1.54) is 6.08 Å². The van der Waals surface area contributed by atoms with Crippen molar-refractivity contribution in [1.82, 2.24) is 15.2 Å². The molecule has 4 amide bonds. The molecule has 3 aromatic rings. The quantitative estimate of drug-likeness (QED) is 0.485. The Morgan fingerprint density at radius 3 is 2.47 bits per heavy atom. The maximum atomic E-state index is 12.0. The third kappa shape index (κ3) is 3.88. The summed E-state index contributed by atoms with van der Waals surface area (Å²) < 4.78 is 13.0. The SMILES string of the molecule is COc1cccc(OCCn2cc(C=C3C(=O)NC(=O)NC3=O)c3ccccc32)c1. The van der Waals surface area contributed by atoms with Gasteiger partial charge in [-0.15, -0.1) is 0 Å². The van der Waals surface area contributed by atoms with Crippen molar-refractivity contribution in [3.63, 3.8) is 0 Å². The van der Waals surface area contributed by atoms with Crippen molar-refractivity contribution in [1.29, 1.82) is 0 Å². The van der Waals surface area contributed by atoms with Gasteiger partial charge in [0.15, 0.2) is 0 Å². The highest BCUT2D eigenvalue weighted by molar-refractivity contribution is 6.31. The molecule has 1 aliphatic heterocycles. The van der Waals surface area contributed by atoms with E-state index < -0.39 is 17.8 Å². The maximum Gasteiger partial charge on any atom is 0.328 e. The Labute approximate surface area is 172 Å². The zero-order valence-electron chi connectivity index (χ0n) is 16.2. The van der Waals surface area contributed by atoms with E-state index in [4.69, 9.17) is 9.47 Å². The van der Waals surface area contributed by atoms with Gasteiger partial charge in [-0.05, 0) is 24.3 Å². The monoisotopic (exact) mass is 405 g/mol. The fourth-order valence-electron chi connectivity index (χ4n) is 3.29. The molecule has 1 fully saturated rings. The van der Waals surface area contributed by atoms with Crippen LogP contribution in [0.1, 0.15) is 5.56 Å². The predicted molar refractivity (Wildman–Crippen MR) is 110 cm³/mol. The van der Waals surface area contributed by atoms with Gasteiger partial charge in [0.05, 0.1) is 13.7 Å². The summed E-state index contributed by atoms with van der Waals surface area (Å²) in [5.74, 6) is -0.0208. The molecule has 152 valence electrons. The summed E-state index contributed by atoms with van der Waals surface area (Å²) in [4.78, 5) is 35.3. The summed E-state index contributed by atoms with van der Waals surface area (Å²) in [5, 5.41) is 5.04. The molecule has 0 aliphatic carbocycles. The molecule has 0 radical (unpaired) electrons. The Morgan fingerprint density at radius 2 is 1.70 bits per heavy atom. The van der Waals surface area contributed by atoms with Gasteiger partial charge in [-0.1, -0.05) is 24.3 Å². The van der Waals surface area contributed by atoms with Crippen LogP contribution in [0.4, 0.5) is 4.79 Å². The number of carbonyl (C=O) groups excluding carboxylic acids is 3. The van der Waals surface area contributed by atoms with Crippen molar-refractivity contribution in [3.05, 3.63) is 65.9 Å². The van der Waals surface area contributed by atoms with Gasteiger partial charge >= 0.3 is 6.03 Å². The van der Waals surface area contributed by atoms with Crippen LogP contribution in [-0.2, 0) is 16.1 Å². The van der Waals surface area contributed by atoms with E-state index in [0.29, 0.717) is 24.5 Å². The van der Waals surface area contributed by atoms with Crippen molar-refractivity contribution in [2.75, 3.05) is 13.7 Å². The van der Waals surface area contributed by atoms with Crippen molar-refractivity contribution < 1.29 is 23.9 Å². The minimum absolute atomic E-state index is 0.120. The molecule has 0 atom stereocenters. The fraction of sp³-hybridized carbons (Fsp3) is 0.136. The average Bonchev–Trinajstić information content (AvgIpc) is 3.08. The third-order valence-electron chi connectivity index (χ3n) is 4.70. The van der Waals surface area contributed by atoms with E-state index in [1.54, 1.807) is 7.11 Å². The van der Waals surface area contributed by atoms with Crippen molar-refractivity contribution >= 4 is 34.8 Å². The van der Waals surface area contributed by atoms with Gasteiger partial charge in [-0.2, -0.15) is 0 Å². The Kier molecular flexibility index (Phi) is 5.21. The van der Waals surface area contributed by atoms with Gasteiger partial charge in [0, 0.05) is 28.7 Å². The molecule has 1 aromatic heterocycles. The van der Waals surface area contributed by atoms with Crippen LogP contribution in [0.5, 0.6) is 11.5 Å². The lowest BCUT2D eigenvalue weighted by Crippen LogP contribution is -2.51. The molecule has 2 N–H and O–H groups in total. The minimum atomic E-state index is -0.820. The topological polar surface area (TPSA) is 98.7 Å². The van der Waals surface area contributed by atoms with Crippen molar-refractivity contribution in [2.24, 2.45) is 0 Å². The van der Waals surface area contributed by atoms with Crippen LogP contribution >= 0.6 is 0 Å². The molecular weight excluding hydrogens is 386 g/mol. The van der Waals surface area contributed by atoms with Crippen LogP contribution < -0.4 is 20.1 Å². The highest BCUT2D eigenvalue weighted by atomic mass is 16.5. The Hall–Kier alpha value is -4.07. The highest BCUT2D eigenvalue weighted by Gasteiger charge is 2.28. The standard InChI is InChI=1S/C22H19N3O5/c1-29-15-5-4-6-16(12-15)30-10-9-25-13-14(17-7-2-3-8-19(17)25)11-18-20(26)23-22(28)24-21(18)27/h2-8,11-13H,9-10H2,1H3,(H2,23,24,26,27,28). The number of benzene rings is 2. The number of aromatic nitrogens is 1. The number of methoxy groups -OCH3 is 1. The van der Waals surface area contributed by atoms with Gasteiger partial charge in [-0.25, -0.2) is 4.79 Å². The van der Waals surface area contributed by atoms with Crippen LogP contribution in [0.15, 0.2) is 60.3 Å². The second-order valence-electron chi connectivity index (χ2n) is 6.62. The molecule has 1 saturated heterocycles. The summed E-state index contributed by atoms with van der Waals surface area (Å²) >= 11 is 0. The number of para-hydroxylation sites is 1. The molecule has 0 unspecified atom stereocenters. The summed E-state index contributed by atoms with van der Waals surface area (Å²) in [5.41, 5.74) is 1.51. The first-order chi connectivity index (χ1) is 14.5. The summed E-state index contributed by atoms with van der Waals surface area (Å²) in [7, 11) is 1.60. The van der Waals surface area contributed by atoms with Crippen LogP contribution in [0.3, 0.4) is 0 Å². The van der Waals surface area contributed by atoms with Gasteiger partial charge in [0.2, 0.25) is 0 Å². The number of carbonyl (C=O) groups is 3. The van der Waals surface area contributed by atoms with E-state index in [-0.39, 0.29) is 5.57 Å². The van der Waals surface area contributed by atoms with Gasteiger partial charge in [-0.3, -0.25) is 20.2 Å². The van der Waals surface area contributed by atoms with Crippen molar-refractivity contribution in [2.45, 2.75) is 6.54 Å². The van der Waals surface area contributed by atoms with Gasteiger partial charge < -0.3 is 14.0 Å². The number of ether oxygens (including phenoxy) is 2. The lowest BCUT2D eigenvalue weighted by molar-refractivity contribution is -0.123. The highest BCUT2D eigenvalue weighted by Crippen LogP contribution is 2.24. The summed E-state index contributed by atoms with van der Waals surface area (Å²) in [6, 6.07) is 14.2. The van der Waals surface area contributed by atoms with E-state index in [9.17, 15) is 14.4 Å². The molecule has 2 aromatic carbocycles. The Bertz CT molecular complexity index is 1160. The second-order valence-corrected chi connectivity index (χ2v) is 6.62. The lowest BCUT2D eigenvalue weighted by atomic mass is 10.1. The number of rotatable bonds is 6. The average molecular weight is 405 g/mol. The second kappa shape index (κ2) is 8.12. The number of barbiturate groups is 1. The molecule has 0 bridgehead atoms. The normalized spacial score (nSPS) is 13.8. The van der Waals surface area contributed by atoms with E-state index in [1.807, 2.05) is 59.3 Å². The molecule has 8 heteroatoms. The molecule has 2 heterocycles. The maximum absolute atomic E-state index is 12.0. The molecule has 1 aliphatic rings. The predicted octanol–water partition coefficient (Wildman–Crippen LogP) is 2.48.